The first-order valence-corrected chi connectivity index (χ1v) is 16.4. The maximum atomic E-state index is 13.2. The lowest BCUT2D eigenvalue weighted by Crippen LogP contribution is -2.37. The Hall–Kier alpha value is -3.85. The number of methoxy groups -OCH3 is 2. The zero-order chi connectivity index (χ0) is 33.9. The van der Waals surface area contributed by atoms with Crippen LogP contribution in [0.15, 0.2) is 65.8 Å². The molecule has 2 atom stereocenters. The van der Waals surface area contributed by atoms with E-state index in [9.17, 15) is 9.59 Å². The fraction of sp³-hybridized carbons (Fsp3) is 0.541. The van der Waals surface area contributed by atoms with Crippen LogP contribution in [0.2, 0.25) is 0 Å². The first kappa shape index (κ1) is 38.3. The summed E-state index contributed by atoms with van der Waals surface area (Å²) in [6, 6.07) is 15.2. The predicted octanol–water partition coefficient (Wildman–Crippen LogP) is 7.49. The highest BCUT2D eigenvalue weighted by molar-refractivity contribution is 6.03. The summed E-state index contributed by atoms with van der Waals surface area (Å²) in [6.45, 7) is 15.1. The highest BCUT2D eigenvalue weighted by atomic mass is 16.6. The molecule has 0 spiro atoms. The highest BCUT2D eigenvalue weighted by Gasteiger charge is 2.26. The first-order chi connectivity index (χ1) is 22.2. The highest BCUT2D eigenvalue weighted by Crippen LogP contribution is 2.31. The number of amides is 2. The van der Waals surface area contributed by atoms with E-state index in [1.54, 1.807) is 14.2 Å². The number of benzene rings is 2. The number of allylic oxidation sites excluding steroid dienone is 2. The van der Waals surface area contributed by atoms with Gasteiger partial charge in [-0.1, -0.05) is 70.2 Å². The Balaban J connectivity index is 2.36. The number of nitrogens with one attached hydrogen (secondary N) is 1. The van der Waals surface area contributed by atoms with E-state index in [4.69, 9.17) is 18.9 Å². The molecule has 9 heteroatoms. The standard InChI is InChI=1S/C37H55N3O6/c1-9-40(10-2)36(41)32(28(5)6)20-15-14-19-31(27(3)4)35(38-39-37(42)46-26-29-17-12-11-13-18-29)30-21-22-33(44-8)34(25-30)45-24-16-23-43-7/h11-15,17-18,21-22,25,27-28,31-32H,9-10,16,19-20,23-24,26H2,1-8H3,(H,39,42)/b15-14+,38-35?. The summed E-state index contributed by atoms with van der Waals surface area (Å²) in [5.74, 6) is 1.65. The van der Waals surface area contributed by atoms with Gasteiger partial charge in [0, 0.05) is 50.6 Å². The number of nitrogens with zero attached hydrogens (tertiary/aromatic N) is 2. The molecule has 0 saturated carbocycles. The molecule has 9 nitrogen and oxygen atoms in total. The van der Waals surface area contributed by atoms with Crippen molar-refractivity contribution in [3.05, 3.63) is 71.8 Å². The van der Waals surface area contributed by atoms with Crippen LogP contribution in [0.5, 0.6) is 11.5 Å². The predicted molar refractivity (Wildman–Crippen MR) is 184 cm³/mol. The second-order valence-corrected chi connectivity index (χ2v) is 11.9. The summed E-state index contributed by atoms with van der Waals surface area (Å²) < 4.78 is 22.2. The first-order valence-electron chi connectivity index (χ1n) is 16.4. The van der Waals surface area contributed by atoms with E-state index >= 15 is 0 Å². The Kier molecular flexibility index (Phi) is 17.5. The Labute approximate surface area is 276 Å². The molecular weight excluding hydrogens is 582 g/mol. The van der Waals surface area contributed by atoms with Crippen molar-refractivity contribution in [2.45, 2.75) is 67.4 Å². The third-order valence-electron chi connectivity index (χ3n) is 7.99. The van der Waals surface area contributed by atoms with Crippen molar-refractivity contribution in [2.24, 2.45) is 28.8 Å². The smallest absolute Gasteiger partial charge is 0.428 e. The van der Waals surface area contributed by atoms with Crippen molar-refractivity contribution >= 4 is 17.7 Å². The fourth-order valence-electron chi connectivity index (χ4n) is 5.17. The topological polar surface area (TPSA) is 98.7 Å². The summed E-state index contributed by atoms with van der Waals surface area (Å²) in [4.78, 5) is 27.8. The molecule has 0 saturated heterocycles. The third-order valence-corrected chi connectivity index (χ3v) is 7.99. The van der Waals surface area contributed by atoms with Gasteiger partial charge in [-0.25, -0.2) is 10.2 Å². The van der Waals surface area contributed by atoms with Crippen molar-refractivity contribution in [2.75, 3.05) is 40.5 Å². The van der Waals surface area contributed by atoms with Crippen molar-refractivity contribution < 1.29 is 28.5 Å². The maximum absolute atomic E-state index is 13.2. The van der Waals surface area contributed by atoms with Crippen molar-refractivity contribution in [1.29, 1.82) is 0 Å². The van der Waals surface area contributed by atoms with Crippen LogP contribution < -0.4 is 14.9 Å². The van der Waals surface area contributed by atoms with Gasteiger partial charge < -0.3 is 23.8 Å². The Morgan fingerprint density at radius 2 is 1.52 bits per heavy atom. The average Bonchev–Trinajstić information content (AvgIpc) is 3.05. The van der Waals surface area contributed by atoms with Crippen LogP contribution in [0.1, 0.15) is 71.9 Å². The second-order valence-electron chi connectivity index (χ2n) is 11.9. The maximum Gasteiger partial charge on any atom is 0.428 e. The zero-order valence-electron chi connectivity index (χ0n) is 29.1. The van der Waals surface area contributed by atoms with Crippen LogP contribution in [0.25, 0.3) is 0 Å². The van der Waals surface area contributed by atoms with Gasteiger partial charge in [-0.2, -0.15) is 5.10 Å². The van der Waals surface area contributed by atoms with Gasteiger partial charge in [0.05, 0.1) is 19.4 Å². The lowest BCUT2D eigenvalue weighted by atomic mass is 9.84. The number of hydrogen-bond acceptors (Lipinski definition) is 7. The van der Waals surface area contributed by atoms with E-state index in [1.165, 1.54) is 0 Å². The lowest BCUT2D eigenvalue weighted by molar-refractivity contribution is -0.136. The van der Waals surface area contributed by atoms with Crippen LogP contribution in [0.3, 0.4) is 0 Å². The minimum absolute atomic E-state index is 0.0589. The molecule has 2 unspecified atom stereocenters. The SMILES string of the molecule is CCN(CC)C(=O)C(C/C=C/CC(C(=NNC(=O)OCc1ccccc1)c1ccc(OC)c(OCCCOC)c1)C(C)C)C(C)C. The van der Waals surface area contributed by atoms with Crippen LogP contribution >= 0.6 is 0 Å². The van der Waals surface area contributed by atoms with Gasteiger partial charge in [0.25, 0.3) is 0 Å². The van der Waals surface area contributed by atoms with Crippen LogP contribution in [0, 0.1) is 23.7 Å². The minimum atomic E-state index is -0.640. The summed E-state index contributed by atoms with van der Waals surface area (Å²) in [7, 11) is 3.27. The van der Waals surface area contributed by atoms with Crippen molar-refractivity contribution in [3.63, 3.8) is 0 Å². The van der Waals surface area contributed by atoms with Gasteiger partial charge in [-0.05, 0) is 62.3 Å². The molecule has 46 heavy (non-hydrogen) atoms. The summed E-state index contributed by atoms with van der Waals surface area (Å²) in [6.07, 6.45) is 5.66. The number of carbonyl (C=O) groups is 2. The van der Waals surface area contributed by atoms with Gasteiger partial charge in [0.1, 0.15) is 6.61 Å². The molecule has 2 amide bonds. The minimum Gasteiger partial charge on any atom is -0.493 e. The van der Waals surface area contributed by atoms with E-state index < -0.39 is 6.09 Å². The number of ether oxygens (including phenoxy) is 4. The number of hydrazone groups is 1. The normalized spacial score (nSPS) is 13.1. The largest absolute Gasteiger partial charge is 0.493 e. The quantitative estimate of drug-likeness (QED) is 0.0699. The van der Waals surface area contributed by atoms with E-state index in [0.29, 0.717) is 56.4 Å². The molecule has 0 bridgehead atoms. The Morgan fingerprint density at radius 1 is 0.870 bits per heavy atom. The number of carbonyl (C=O) groups excluding carboxylic acids is 2. The second kappa shape index (κ2) is 21.0. The zero-order valence-corrected chi connectivity index (χ0v) is 29.1. The average molecular weight is 638 g/mol. The molecule has 2 rings (SSSR count). The fourth-order valence-corrected chi connectivity index (χ4v) is 5.17. The molecule has 0 aliphatic carbocycles. The van der Waals surface area contributed by atoms with Gasteiger partial charge in [-0.15, -0.1) is 0 Å². The molecule has 0 heterocycles. The monoisotopic (exact) mass is 637 g/mol. The summed E-state index contributed by atoms with van der Waals surface area (Å²) in [5, 5.41) is 4.63. The lowest BCUT2D eigenvalue weighted by Gasteiger charge is -2.27. The summed E-state index contributed by atoms with van der Waals surface area (Å²) in [5.41, 5.74) is 5.00. The van der Waals surface area contributed by atoms with Gasteiger partial charge in [0.2, 0.25) is 5.91 Å². The molecule has 0 radical (unpaired) electrons. The molecule has 0 aromatic heterocycles. The van der Waals surface area contributed by atoms with E-state index in [2.05, 4.69) is 50.4 Å². The molecule has 2 aromatic rings. The molecule has 2 aromatic carbocycles. The van der Waals surface area contributed by atoms with Crippen LogP contribution in [-0.2, 0) is 20.9 Å². The van der Waals surface area contributed by atoms with Crippen molar-refractivity contribution in [1.82, 2.24) is 10.3 Å². The molecule has 254 valence electrons. The molecule has 0 aliphatic rings. The Bertz CT molecular complexity index is 1240. The van der Waals surface area contributed by atoms with E-state index in [0.717, 1.165) is 17.5 Å². The molecule has 0 aliphatic heterocycles. The van der Waals surface area contributed by atoms with Crippen molar-refractivity contribution in [3.8, 4) is 11.5 Å². The molecule has 1 N–H and O–H groups in total. The van der Waals surface area contributed by atoms with E-state index in [-0.39, 0.29) is 36.2 Å². The third kappa shape index (κ3) is 12.5. The molecular formula is C37H55N3O6. The summed E-state index contributed by atoms with van der Waals surface area (Å²) >= 11 is 0. The molecule has 0 fully saturated rings. The van der Waals surface area contributed by atoms with Crippen LogP contribution in [-0.4, -0.2) is 63.1 Å². The van der Waals surface area contributed by atoms with Gasteiger partial charge in [0.15, 0.2) is 11.5 Å². The van der Waals surface area contributed by atoms with Crippen LogP contribution in [0.4, 0.5) is 4.79 Å². The van der Waals surface area contributed by atoms with E-state index in [1.807, 2.05) is 67.3 Å². The van der Waals surface area contributed by atoms with Gasteiger partial charge in [-0.3, -0.25) is 4.79 Å². The van der Waals surface area contributed by atoms with Gasteiger partial charge >= 0.3 is 6.09 Å². The number of rotatable bonds is 20. The number of hydrogen-bond donors (Lipinski definition) is 1. The Morgan fingerprint density at radius 3 is 2.11 bits per heavy atom.